The third kappa shape index (κ3) is 4.06. The van der Waals surface area contributed by atoms with Gasteiger partial charge >= 0.3 is 0 Å². The van der Waals surface area contributed by atoms with Crippen molar-refractivity contribution in [2.45, 2.75) is 25.3 Å². The summed E-state index contributed by atoms with van der Waals surface area (Å²) in [5, 5.41) is 3.53. The van der Waals surface area contributed by atoms with Crippen molar-refractivity contribution in [3.63, 3.8) is 0 Å². The predicted molar refractivity (Wildman–Crippen MR) is 63.0 cm³/mol. The zero-order chi connectivity index (χ0) is 10.5. The smallest absolute Gasteiger partial charge is 0.0104 e. The van der Waals surface area contributed by atoms with Crippen molar-refractivity contribution in [1.82, 2.24) is 15.2 Å². The average molecular weight is 207 g/mol. The van der Waals surface area contributed by atoms with Gasteiger partial charge in [-0.2, -0.15) is 0 Å². The van der Waals surface area contributed by atoms with Crippen LogP contribution in [0.2, 0.25) is 0 Å². The first kappa shape index (κ1) is 10.7. The lowest BCUT2D eigenvalue weighted by molar-refractivity contribution is 0.335. The van der Waals surface area contributed by atoms with Crippen LogP contribution in [0.25, 0.3) is 0 Å². The first-order chi connectivity index (χ1) is 7.34. The van der Waals surface area contributed by atoms with E-state index in [-0.39, 0.29) is 0 Å². The molecule has 0 spiro atoms. The van der Waals surface area contributed by atoms with E-state index < -0.39 is 0 Å². The Kier molecular flexibility index (Phi) is 3.80. The number of hydrogen-bond donors (Lipinski definition) is 2. The van der Waals surface area contributed by atoms with Gasteiger partial charge in [-0.1, -0.05) is 0 Å². The van der Waals surface area contributed by atoms with E-state index >= 15 is 0 Å². The number of rotatable bonds is 7. The van der Waals surface area contributed by atoms with Gasteiger partial charge in [-0.25, -0.2) is 0 Å². The number of likely N-dealkylation sites (N-methyl/N-ethyl adjacent to an activating group) is 1. The van der Waals surface area contributed by atoms with Crippen molar-refractivity contribution in [3.8, 4) is 0 Å². The molecule has 1 aromatic heterocycles. The minimum Gasteiger partial charge on any atom is -0.367 e. The summed E-state index contributed by atoms with van der Waals surface area (Å²) in [5.41, 5.74) is 1.40. The van der Waals surface area contributed by atoms with Crippen molar-refractivity contribution >= 4 is 0 Å². The van der Waals surface area contributed by atoms with E-state index in [1.54, 1.807) is 0 Å². The van der Waals surface area contributed by atoms with Gasteiger partial charge in [0.1, 0.15) is 0 Å². The van der Waals surface area contributed by atoms with Crippen LogP contribution in [0.15, 0.2) is 18.5 Å². The molecule has 15 heavy (non-hydrogen) atoms. The van der Waals surface area contributed by atoms with E-state index in [1.807, 2.05) is 6.20 Å². The SMILES string of the molecule is CN(CCNC1CC1)CCc1cc[nH]c1. The Balaban J connectivity index is 1.53. The molecule has 0 amide bonds. The molecular weight excluding hydrogens is 186 g/mol. The third-order valence-electron chi connectivity index (χ3n) is 2.95. The quantitative estimate of drug-likeness (QED) is 0.705. The normalized spacial score (nSPS) is 16.1. The van der Waals surface area contributed by atoms with Crippen LogP contribution in [0.3, 0.4) is 0 Å². The van der Waals surface area contributed by atoms with Crippen LogP contribution >= 0.6 is 0 Å². The van der Waals surface area contributed by atoms with Gasteiger partial charge in [-0.3, -0.25) is 0 Å². The molecule has 0 aliphatic heterocycles. The molecule has 3 nitrogen and oxygen atoms in total. The maximum absolute atomic E-state index is 3.53. The summed E-state index contributed by atoms with van der Waals surface area (Å²) in [6.07, 6.45) is 7.98. The molecule has 0 saturated heterocycles. The molecule has 0 aromatic carbocycles. The van der Waals surface area contributed by atoms with Gasteiger partial charge in [0.25, 0.3) is 0 Å². The molecule has 1 heterocycles. The highest BCUT2D eigenvalue weighted by Gasteiger charge is 2.19. The maximum atomic E-state index is 3.53. The monoisotopic (exact) mass is 207 g/mol. The highest BCUT2D eigenvalue weighted by molar-refractivity contribution is 5.08. The van der Waals surface area contributed by atoms with E-state index in [0.29, 0.717) is 0 Å². The lowest BCUT2D eigenvalue weighted by Crippen LogP contribution is -2.31. The zero-order valence-electron chi connectivity index (χ0n) is 9.50. The number of nitrogens with zero attached hydrogens (tertiary/aromatic N) is 1. The summed E-state index contributed by atoms with van der Waals surface area (Å²) >= 11 is 0. The lowest BCUT2D eigenvalue weighted by Gasteiger charge is -2.16. The van der Waals surface area contributed by atoms with Crippen LogP contribution in [0.5, 0.6) is 0 Å². The molecule has 0 atom stereocenters. The van der Waals surface area contributed by atoms with Crippen LogP contribution in [0.4, 0.5) is 0 Å². The van der Waals surface area contributed by atoms with Crippen LogP contribution in [-0.4, -0.2) is 42.6 Å². The van der Waals surface area contributed by atoms with Crippen LogP contribution in [0, 0.1) is 0 Å². The molecule has 2 rings (SSSR count). The van der Waals surface area contributed by atoms with Crippen molar-refractivity contribution in [1.29, 1.82) is 0 Å². The first-order valence-corrected chi connectivity index (χ1v) is 5.88. The van der Waals surface area contributed by atoms with Crippen LogP contribution in [-0.2, 0) is 6.42 Å². The highest BCUT2D eigenvalue weighted by atomic mass is 15.1. The molecular formula is C12H21N3. The van der Waals surface area contributed by atoms with Crippen molar-refractivity contribution in [2.24, 2.45) is 0 Å². The topological polar surface area (TPSA) is 31.1 Å². The molecule has 84 valence electrons. The molecule has 0 radical (unpaired) electrons. The summed E-state index contributed by atoms with van der Waals surface area (Å²) < 4.78 is 0. The Bertz CT molecular complexity index is 264. The molecule has 0 unspecified atom stereocenters. The fourth-order valence-corrected chi connectivity index (χ4v) is 1.69. The number of H-pyrrole nitrogens is 1. The van der Waals surface area contributed by atoms with Gasteiger partial charge in [0, 0.05) is 38.1 Å². The maximum Gasteiger partial charge on any atom is 0.0104 e. The van der Waals surface area contributed by atoms with Crippen molar-refractivity contribution in [2.75, 3.05) is 26.7 Å². The van der Waals surface area contributed by atoms with Gasteiger partial charge in [-0.15, -0.1) is 0 Å². The molecule has 1 fully saturated rings. The molecule has 1 aliphatic rings. The van der Waals surface area contributed by atoms with Crippen LogP contribution in [0.1, 0.15) is 18.4 Å². The molecule has 1 aliphatic carbocycles. The third-order valence-corrected chi connectivity index (χ3v) is 2.95. The first-order valence-electron chi connectivity index (χ1n) is 5.88. The van der Waals surface area contributed by atoms with Gasteiger partial charge in [0.05, 0.1) is 0 Å². The second-order valence-corrected chi connectivity index (χ2v) is 4.50. The average Bonchev–Trinajstić information content (AvgIpc) is 2.91. The summed E-state index contributed by atoms with van der Waals surface area (Å²) in [4.78, 5) is 5.48. The number of nitrogens with one attached hydrogen (secondary N) is 2. The van der Waals surface area contributed by atoms with Gasteiger partial charge in [-0.05, 0) is 37.9 Å². The molecule has 1 saturated carbocycles. The van der Waals surface area contributed by atoms with E-state index in [9.17, 15) is 0 Å². The Morgan fingerprint density at radius 1 is 1.47 bits per heavy atom. The minimum atomic E-state index is 0.836. The molecule has 2 N–H and O–H groups in total. The fourth-order valence-electron chi connectivity index (χ4n) is 1.69. The number of hydrogen-bond acceptors (Lipinski definition) is 2. The molecule has 1 aromatic rings. The number of aromatic nitrogens is 1. The summed E-state index contributed by atoms with van der Waals surface area (Å²) in [6.45, 7) is 3.43. The van der Waals surface area contributed by atoms with Gasteiger partial charge in [0.15, 0.2) is 0 Å². The molecule has 0 bridgehead atoms. The second kappa shape index (κ2) is 5.33. The number of aromatic amines is 1. The standard InChI is InChI=1S/C12H21N3/c1-15(9-7-14-12-2-3-12)8-5-11-4-6-13-10-11/h4,6,10,12-14H,2-3,5,7-9H2,1H3. The summed E-state index contributed by atoms with van der Waals surface area (Å²) in [5.74, 6) is 0. The minimum absolute atomic E-state index is 0.836. The summed E-state index contributed by atoms with van der Waals surface area (Å²) in [6, 6.07) is 2.99. The van der Waals surface area contributed by atoms with E-state index in [2.05, 4.69) is 34.5 Å². The summed E-state index contributed by atoms with van der Waals surface area (Å²) in [7, 11) is 2.20. The Morgan fingerprint density at radius 3 is 3.00 bits per heavy atom. The van der Waals surface area contributed by atoms with Crippen molar-refractivity contribution < 1.29 is 0 Å². The van der Waals surface area contributed by atoms with Gasteiger partial charge in [0.2, 0.25) is 0 Å². The Hall–Kier alpha value is -0.800. The van der Waals surface area contributed by atoms with Crippen LogP contribution < -0.4 is 5.32 Å². The van der Waals surface area contributed by atoms with E-state index in [1.165, 1.54) is 18.4 Å². The highest BCUT2D eigenvalue weighted by Crippen LogP contribution is 2.17. The largest absolute Gasteiger partial charge is 0.367 e. The van der Waals surface area contributed by atoms with E-state index in [4.69, 9.17) is 0 Å². The lowest BCUT2D eigenvalue weighted by atomic mass is 10.2. The fraction of sp³-hybridized carbons (Fsp3) is 0.667. The Labute approximate surface area is 91.9 Å². The van der Waals surface area contributed by atoms with Crippen molar-refractivity contribution in [3.05, 3.63) is 24.0 Å². The zero-order valence-corrected chi connectivity index (χ0v) is 9.50. The molecule has 3 heteroatoms. The van der Waals surface area contributed by atoms with Gasteiger partial charge < -0.3 is 15.2 Å². The second-order valence-electron chi connectivity index (χ2n) is 4.50. The predicted octanol–water partition coefficient (Wildman–Crippen LogP) is 1.24. The van der Waals surface area contributed by atoms with E-state index in [0.717, 1.165) is 32.1 Å². The Morgan fingerprint density at radius 2 is 2.33 bits per heavy atom.